The maximum atomic E-state index is 5.95. The van der Waals surface area contributed by atoms with Crippen LogP contribution in [0.15, 0.2) is 28.6 Å². The van der Waals surface area contributed by atoms with Gasteiger partial charge in [0.1, 0.15) is 0 Å². The second-order valence-corrected chi connectivity index (χ2v) is 4.81. The molecule has 0 unspecified atom stereocenters. The molecule has 13 heavy (non-hydrogen) atoms. The Bertz CT molecular complexity index is 290. The average Bonchev–Trinajstić information content (AvgIpc) is 2.09. The van der Waals surface area contributed by atoms with Gasteiger partial charge in [0.15, 0.2) is 0 Å². The van der Waals surface area contributed by atoms with E-state index in [1.54, 1.807) is 11.8 Å². The Morgan fingerprint density at radius 3 is 2.54 bits per heavy atom. The molecule has 0 saturated carbocycles. The van der Waals surface area contributed by atoms with E-state index >= 15 is 0 Å². The molecule has 0 atom stereocenters. The molecule has 1 rings (SSSR count). The lowest BCUT2D eigenvalue weighted by atomic mass is 10.2. The van der Waals surface area contributed by atoms with E-state index < -0.39 is 0 Å². The number of hydrogen-bond donors (Lipinski definition) is 0. The van der Waals surface area contributed by atoms with Crippen LogP contribution in [0.4, 0.5) is 0 Å². The SMILES string of the molecule is CCS/C(Cl)=C\c1ccc(Cl)cc1. The fourth-order valence-corrected chi connectivity index (χ4v) is 1.94. The highest BCUT2D eigenvalue weighted by molar-refractivity contribution is 8.04. The van der Waals surface area contributed by atoms with Gasteiger partial charge in [0.05, 0.1) is 4.36 Å². The van der Waals surface area contributed by atoms with E-state index in [9.17, 15) is 0 Å². The van der Waals surface area contributed by atoms with Crippen molar-refractivity contribution < 1.29 is 0 Å². The third-order valence-electron chi connectivity index (χ3n) is 1.43. The highest BCUT2D eigenvalue weighted by Crippen LogP contribution is 2.23. The second kappa shape index (κ2) is 5.58. The Morgan fingerprint density at radius 1 is 1.38 bits per heavy atom. The Kier molecular flexibility index (Phi) is 4.71. The minimum absolute atomic E-state index is 0.747. The fraction of sp³-hybridized carbons (Fsp3) is 0.200. The molecule has 0 amide bonds. The molecule has 0 N–H and O–H groups in total. The summed E-state index contributed by atoms with van der Waals surface area (Å²) in [6.07, 6.45) is 1.94. The van der Waals surface area contributed by atoms with Crippen LogP contribution in [0.3, 0.4) is 0 Å². The van der Waals surface area contributed by atoms with E-state index in [0.29, 0.717) is 0 Å². The number of thioether (sulfide) groups is 1. The molecule has 0 aliphatic carbocycles. The van der Waals surface area contributed by atoms with Crippen molar-refractivity contribution >= 4 is 41.0 Å². The van der Waals surface area contributed by atoms with Gasteiger partial charge in [0.2, 0.25) is 0 Å². The van der Waals surface area contributed by atoms with Gasteiger partial charge in [0, 0.05) is 5.02 Å². The van der Waals surface area contributed by atoms with Gasteiger partial charge in [-0.1, -0.05) is 42.3 Å². The van der Waals surface area contributed by atoms with E-state index in [-0.39, 0.29) is 0 Å². The third kappa shape index (κ3) is 4.08. The van der Waals surface area contributed by atoms with Crippen LogP contribution in [-0.4, -0.2) is 5.75 Å². The highest BCUT2D eigenvalue weighted by Gasteiger charge is 1.93. The van der Waals surface area contributed by atoms with E-state index in [2.05, 4.69) is 6.92 Å². The summed E-state index contributed by atoms with van der Waals surface area (Å²) in [6, 6.07) is 7.60. The van der Waals surface area contributed by atoms with Crippen LogP contribution in [0.25, 0.3) is 6.08 Å². The normalized spacial score (nSPS) is 11.8. The Hall–Kier alpha value is -0.110. The van der Waals surface area contributed by atoms with Crippen LogP contribution in [0, 0.1) is 0 Å². The molecule has 1 aromatic rings. The second-order valence-electron chi connectivity index (χ2n) is 2.43. The molecule has 3 heteroatoms. The minimum Gasteiger partial charge on any atom is -0.114 e. The number of hydrogen-bond acceptors (Lipinski definition) is 1. The first-order valence-corrected chi connectivity index (χ1v) is 5.72. The van der Waals surface area contributed by atoms with Gasteiger partial charge in [0.25, 0.3) is 0 Å². The van der Waals surface area contributed by atoms with Crippen molar-refractivity contribution in [2.75, 3.05) is 5.75 Å². The topological polar surface area (TPSA) is 0 Å². The standard InChI is InChI=1S/C10H10Cl2S/c1-2-13-10(12)7-8-3-5-9(11)6-4-8/h3-7H,2H2,1H3/b10-7-. The minimum atomic E-state index is 0.747. The summed E-state index contributed by atoms with van der Waals surface area (Å²) in [5.41, 5.74) is 1.08. The van der Waals surface area contributed by atoms with Gasteiger partial charge >= 0.3 is 0 Å². The lowest BCUT2D eigenvalue weighted by Crippen LogP contribution is -1.72. The zero-order valence-corrected chi connectivity index (χ0v) is 9.59. The maximum absolute atomic E-state index is 5.95. The smallest absolute Gasteiger partial charge is 0.0740 e. The molecule has 0 spiro atoms. The molecule has 0 fully saturated rings. The quantitative estimate of drug-likeness (QED) is 0.733. The molecule has 0 nitrogen and oxygen atoms in total. The van der Waals surface area contributed by atoms with Crippen molar-refractivity contribution in [2.24, 2.45) is 0 Å². The molecule has 0 aromatic heterocycles. The van der Waals surface area contributed by atoms with Crippen molar-refractivity contribution in [3.63, 3.8) is 0 Å². The molecule has 0 radical (unpaired) electrons. The van der Waals surface area contributed by atoms with Crippen LogP contribution in [-0.2, 0) is 0 Å². The maximum Gasteiger partial charge on any atom is 0.0740 e. The lowest BCUT2D eigenvalue weighted by molar-refractivity contribution is 1.53. The van der Waals surface area contributed by atoms with Gasteiger partial charge in [-0.2, -0.15) is 0 Å². The third-order valence-corrected chi connectivity index (χ3v) is 2.80. The first-order valence-electron chi connectivity index (χ1n) is 3.98. The Balaban J connectivity index is 2.73. The molecule has 70 valence electrons. The van der Waals surface area contributed by atoms with Crippen LogP contribution >= 0.6 is 35.0 Å². The predicted octanol–water partition coefficient (Wildman–Crippen LogP) is 4.63. The first kappa shape index (κ1) is 11.0. The number of rotatable bonds is 3. The van der Waals surface area contributed by atoms with E-state index in [1.807, 2.05) is 30.3 Å². The largest absolute Gasteiger partial charge is 0.114 e. The van der Waals surface area contributed by atoms with E-state index in [1.165, 1.54) is 0 Å². The summed E-state index contributed by atoms with van der Waals surface area (Å²) in [7, 11) is 0. The van der Waals surface area contributed by atoms with Crippen molar-refractivity contribution in [1.82, 2.24) is 0 Å². The summed E-state index contributed by atoms with van der Waals surface area (Å²) in [4.78, 5) is 0. The number of benzene rings is 1. The van der Waals surface area contributed by atoms with Crippen LogP contribution in [0.5, 0.6) is 0 Å². The lowest BCUT2D eigenvalue weighted by Gasteiger charge is -1.96. The Morgan fingerprint density at radius 2 is 2.00 bits per heavy atom. The predicted molar refractivity (Wildman–Crippen MR) is 63.4 cm³/mol. The summed E-state index contributed by atoms with van der Waals surface area (Å²) in [5, 5.41) is 0.747. The zero-order chi connectivity index (χ0) is 9.68. The van der Waals surface area contributed by atoms with Crippen molar-refractivity contribution in [2.45, 2.75) is 6.92 Å². The van der Waals surface area contributed by atoms with Gasteiger partial charge in [-0.3, -0.25) is 0 Å². The van der Waals surface area contributed by atoms with Crippen molar-refractivity contribution in [3.8, 4) is 0 Å². The van der Waals surface area contributed by atoms with E-state index in [4.69, 9.17) is 23.2 Å². The van der Waals surface area contributed by atoms with Crippen LogP contribution < -0.4 is 0 Å². The molecule has 0 heterocycles. The molecular weight excluding hydrogens is 223 g/mol. The summed E-state index contributed by atoms with van der Waals surface area (Å²) in [5.74, 6) is 0.989. The highest BCUT2D eigenvalue weighted by atomic mass is 35.5. The Labute approximate surface area is 92.9 Å². The summed E-state index contributed by atoms with van der Waals surface area (Å²) in [6.45, 7) is 2.07. The molecule has 1 aromatic carbocycles. The van der Waals surface area contributed by atoms with Crippen LogP contribution in [0.2, 0.25) is 5.02 Å². The first-order chi connectivity index (χ1) is 6.22. The molecule has 0 aliphatic heterocycles. The zero-order valence-electron chi connectivity index (χ0n) is 7.26. The van der Waals surface area contributed by atoms with Gasteiger partial charge in [-0.05, 0) is 29.5 Å². The molecule has 0 bridgehead atoms. The fourth-order valence-electron chi connectivity index (χ4n) is 0.870. The number of halogens is 2. The van der Waals surface area contributed by atoms with E-state index in [0.717, 1.165) is 20.7 Å². The monoisotopic (exact) mass is 232 g/mol. The van der Waals surface area contributed by atoms with Crippen molar-refractivity contribution in [1.29, 1.82) is 0 Å². The molecule has 0 aliphatic rings. The molecular formula is C10H10Cl2S. The summed E-state index contributed by atoms with van der Waals surface area (Å²) < 4.78 is 0.810. The summed E-state index contributed by atoms with van der Waals surface area (Å²) >= 11 is 13.3. The van der Waals surface area contributed by atoms with Gasteiger partial charge < -0.3 is 0 Å². The van der Waals surface area contributed by atoms with Gasteiger partial charge in [-0.15, -0.1) is 11.8 Å². The van der Waals surface area contributed by atoms with Gasteiger partial charge in [-0.25, -0.2) is 0 Å². The van der Waals surface area contributed by atoms with Crippen LogP contribution in [0.1, 0.15) is 12.5 Å². The molecule has 0 saturated heterocycles. The average molecular weight is 233 g/mol. The van der Waals surface area contributed by atoms with Crippen molar-refractivity contribution in [3.05, 3.63) is 39.2 Å².